The quantitative estimate of drug-likeness (QED) is 0.161. The third-order valence-corrected chi connectivity index (χ3v) is 12.6. The summed E-state index contributed by atoms with van der Waals surface area (Å²) in [6, 6.07) is 59.4. The highest BCUT2D eigenvalue weighted by atomic mass is 32.1. The van der Waals surface area contributed by atoms with E-state index in [-0.39, 0.29) is 47.0 Å². The molecule has 3 aromatic heterocycles. The molecule has 0 aliphatic rings. The van der Waals surface area contributed by atoms with Crippen LogP contribution in [0.15, 0.2) is 218 Å². The SMILES string of the molecule is [2H]c1cc([2H])c2sc3c(-c4cc(-c5nc(-c6ccccc6)nc(-c6ccccc6)n5)ccc4-n4c5cc(-c6ccccc6)ccc5c5ccc(-c6ccccc6)cc54)c([2H])c([2H])c([2H])c3c2c1[2H]. The molecular formula is C57H36N4S. The van der Waals surface area contributed by atoms with E-state index in [4.69, 9.17) is 19.1 Å². The maximum absolute atomic E-state index is 9.81. The van der Waals surface area contributed by atoms with Gasteiger partial charge in [0.1, 0.15) is 0 Å². The number of nitrogens with zero attached hydrogens (tertiary/aromatic N) is 4. The molecule has 0 saturated carbocycles. The predicted octanol–water partition coefficient (Wildman–Crippen LogP) is 15.3. The van der Waals surface area contributed by atoms with Crippen molar-refractivity contribution in [3.05, 3.63) is 218 Å². The molecule has 12 rings (SSSR count). The summed E-state index contributed by atoms with van der Waals surface area (Å²) in [5.74, 6) is 1.37. The fourth-order valence-electron chi connectivity index (χ4n) is 8.47. The number of hydrogen-bond acceptors (Lipinski definition) is 4. The minimum atomic E-state index is -0.317. The molecule has 9 aromatic carbocycles. The van der Waals surface area contributed by atoms with Gasteiger partial charge >= 0.3 is 0 Å². The molecule has 5 heteroatoms. The molecule has 62 heavy (non-hydrogen) atoms. The minimum Gasteiger partial charge on any atom is -0.309 e. The van der Waals surface area contributed by atoms with Crippen molar-refractivity contribution < 1.29 is 8.22 Å². The van der Waals surface area contributed by atoms with E-state index in [1.165, 1.54) is 17.4 Å². The van der Waals surface area contributed by atoms with Gasteiger partial charge in [-0.3, -0.25) is 0 Å². The lowest BCUT2D eigenvalue weighted by atomic mass is 9.98. The van der Waals surface area contributed by atoms with Gasteiger partial charge in [0.25, 0.3) is 0 Å². The summed E-state index contributed by atoms with van der Waals surface area (Å²) >= 11 is 1.22. The van der Waals surface area contributed by atoms with E-state index in [1.807, 2.05) is 115 Å². The third-order valence-electron chi connectivity index (χ3n) is 11.4. The van der Waals surface area contributed by atoms with E-state index in [2.05, 4.69) is 65.2 Å². The molecule has 0 saturated heterocycles. The summed E-state index contributed by atoms with van der Waals surface area (Å²) in [6.45, 7) is 0. The van der Waals surface area contributed by atoms with Crippen molar-refractivity contribution in [2.45, 2.75) is 0 Å². The first-order chi connectivity index (χ1) is 33.2. The van der Waals surface area contributed by atoms with Crippen LogP contribution in [0, 0.1) is 0 Å². The Morgan fingerprint density at radius 1 is 0.371 bits per heavy atom. The summed E-state index contributed by atoms with van der Waals surface area (Å²) in [5.41, 5.74) is 9.89. The lowest BCUT2D eigenvalue weighted by molar-refractivity contribution is 1.07. The van der Waals surface area contributed by atoms with Gasteiger partial charge in [-0.25, -0.2) is 15.0 Å². The topological polar surface area (TPSA) is 43.6 Å². The van der Waals surface area contributed by atoms with Crippen LogP contribution >= 0.6 is 11.3 Å². The molecule has 0 amide bonds. The number of aromatic nitrogens is 4. The Hall–Kier alpha value is -7.99. The van der Waals surface area contributed by atoms with Gasteiger partial charge in [0.15, 0.2) is 17.5 Å². The zero-order chi connectivity index (χ0) is 46.2. The normalized spacial score (nSPS) is 12.9. The summed E-state index contributed by atoms with van der Waals surface area (Å²) in [6.07, 6.45) is 0. The molecule has 0 fully saturated rings. The first-order valence-electron chi connectivity index (χ1n) is 23.4. The van der Waals surface area contributed by atoms with Gasteiger partial charge in [-0.15, -0.1) is 11.3 Å². The van der Waals surface area contributed by atoms with Crippen molar-refractivity contribution >= 4 is 53.3 Å². The Kier molecular flexibility index (Phi) is 7.25. The molecule has 12 aromatic rings. The van der Waals surface area contributed by atoms with E-state index in [9.17, 15) is 4.11 Å². The van der Waals surface area contributed by atoms with Crippen LogP contribution in [0.5, 0.6) is 0 Å². The fourth-order valence-corrected chi connectivity index (χ4v) is 9.56. The largest absolute Gasteiger partial charge is 0.309 e. The Balaban J connectivity index is 1.22. The van der Waals surface area contributed by atoms with Gasteiger partial charge in [-0.2, -0.15) is 0 Å². The van der Waals surface area contributed by atoms with Crippen LogP contribution in [0.1, 0.15) is 8.22 Å². The van der Waals surface area contributed by atoms with E-state index >= 15 is 0 Å². The van der Waals surface area contributed by atoms with Crippen LogP contribution in [0.4, 0.5) is 0 Å². The van der Waals surface area contributed by atoms with Crippen molar-refractivity contribution in [2.24, 2.45) is 0 Å². The van der Waals surface area contributed by atoms with Crippen LogP contribution in [-0.2, 0) is 0 Å². The minimum absolute atomic E-state index is 0.0518. The van der Waals surface area contributed by atoms with Crippen molar-refractivity contribution in [2.75, 3.05) is 0 Å². The van der Waals surface area contributed by atoms with Gasteiger partial charge in [0.05, 0.1) is 24.9 Å². The Labute approximate surface area is 371 Å². The molecule has 0 N–H and O–H groups in total. The first kappa shape index (κ1) is 30.1. The van der Waals surface area contributed by atoms with Crippen LogP contribution in [-0.4, -0.2) is 19.5 Å². The lowest BCUT2D eigenvalue weighted by Crippen LogP contribution is -2.02. The Bertz CT molecular complexity index is 3820. The van der Waals surface area contributed by atoms with Gasteiger partial charge < -0.3 is 4.57 Å². The van der Waals surface area contributed by atoms with Gasteiger partial charge in [0.2, 0.25) is 0 Å². The van der Waals surface area contributed by atoms with E-state index in [0.717, 1.165) is 55.2 Å². The average Bonchev–Trinajstić information content (AvgIpc) is 3.95. The fraction of sp³-hybridized carbons (Fsp3) is 0. The number of benzene rings is 9. The molecule has 0 bridgehead atoms. The maximum atomic E-state index is 9.81. The number of rotatable bonds is 7. The van der Waals surface area contributed by atoms with Crippen molar-refractivity contribution in [1.29, 1.82) is 0 Å². The molecule has 0 aliphatic heterocycles. The molecule has 4 nitrogen and oxygen atoms in total. The molecule has 3 heterocycles. The van der Waals surface area contributed by atoms with Crippen molar-refractivity contribution in [3.63, 3.8) is 0 Å². The van der Waals surface area contributed by atoms with Crippen LogP contribution in [0.3, 0.4) is 0 Å². The summed E-state index contributed by atoms with van der Waals surface area (Å²) in [7, 11) is 0. The van der Waals surface area contributed by atoms with E-state index in [0.29, 0.717) is 49.3 Å². The monoisotopic (exact) mass is 814 g/mol. The van der Waals surface area contributed by atoms with Gasteiger partial charge in [-0.05, 0) is 58.6 Å². The zero-order valence-corrected chi connectivity index (χ0v) is 33.8. The van der Waals surface area contributed by atoms with Crippen LogP contribution in [0.2, 0.25) is 0 Å². The van der Waals surface area contributed by atoms with E-state index in [1.54, 1.807) is 0 Å². The lowest BCUT2D eigenvalue weighted by Gasteiger charge is -2.17. The second kappa shape index (κ2) is 14.9. The first-order valence-corrected chi connectivity index (χ1v) is 21.2. The maximum Gasteiger partial charge on any atom is 0.164 e. The third kappa shape index (κ3) is 6.18. The Morgan fingerprint density at radius 3 is 1.44 bits per heavy atom. The zero-order valence-electron chi connectivity index (χ0n) is 39.0. The molecule has 0 radical (unpaired) electrons. The molecule has 0 unspecified atom stereocenters. The highest BCUT2D eigenvalue weighted by Gasteiger charge is 2.22. The number of thiophene rings is 1. The van der Waals surface area contributed by atoms with Crippen molar-refractivity contribution in [1.82, 2.24) is 19.5 Å². The summed E-state index contributed by atoms with van der Waals surface area (Å²) < 4.78 is 58.2. The molecular weight excluding hydrogens is 773 g/mol. The van der Waals surface area contributed by atoms with E-state index < -0.39 is 0 Å². The number of hydrogen-bond donors (Lipinski definition) is 0. The second-order valence-electron chi connectivity index (χ2n) is 15.1. The average molecular weight is 815 g/mol. The van der Waals surface area contributed by atoms with Crippen molar-refractivity contribution in [3.8, 4) is 73.2 Å². The molecule has 0 spiro atoms. The van der Waals surface area contributed by atoms with Gasteiger partial charge in [0, 0.05) is 58.8 Å². The predicted molar refractivity (Wildman–Crippen MR) is 260 cm³/mol. The number of fused-ring (bicyclic) bond motifs is 6. The summed E-state index contributed by atoms with van der Waals surface area (Å²) in [4.78, 5) is 15.1. The Morgan fingerprint density at radius 2 is 0.871 bits per heavy atom. The standard InChI is InChI=1S/C57H36N4S/c1-5-16-37(17-6-1)41-28-31-44-45-32-29-42(38-18-7-2-8-19-38)36-52(45)61(51(44)35-41)50-33-30-43(34-49(50)48-26-15-25-47-46-24-13-14-27-53(46)62-54(47)48)57-59-55(39-20-9-3-10-21-39)58-56(60-57)40-22-11-4-12-23-40/h1-36H/i13D,15D,24D,25D,26D,27D. The highest BCUT2D eigenvalue weighted by Crippen LogP contribution is 2.45. The van der Waals surface area contributed by atoms with Gasteiger partial charge in [-0.1, -0.05) is 182 Å². The smallest absolute Gasteiger partial charge is 0.164 e. The summed E-state index contributed by atoms with van der Waals surface area (Å²) in [5, 5.41) is 2.60. The second-order valence-corrected chi connectivity index (χ2v) is 16.1. The molecule has 0 atom stereocenters. The van der Waals surface area contributed by atoms with Crippen LogP contribution in [0.25, 0.3) is 115 Å². The highest BCUT2D eigenvalue weighted by molar-refractivity contribution is 7.26. The molecule has 290 valence electrons. The van der Waals surface area contributed by atoms with Crippen LogP contribution < -0.4 is 0 Å². The molecule has 0 aliphatic carbocycles.